The Morgan fingerprint density at radius 2 is 1.43 bits per heavy atom. The van der Waals surface area contributed by atoms with Gasteiger partial charge < -0.3 is 9.64 Å². The lowest BCUT2D eigenvalue weighted by atomic mass is 9.84. The summed E-state index contributed by atoms with van der Waals surface area (Å²) in [4.78, 5) is 14.9. The highest BCUT2D eigenvalue weighted by Gasteiger charge is 2.40. The first-order valence-electron chi connectivity index (χ1n) is 15.9. The number of fused-ring (bicyclic) bond motifs is 2. The van der Waals surface area contributed by atoms with Crippen molar-refractivity contribution in [3.05, 3.63) is 162 Å². The first-order chi connectivity index (χ1) is 22.5. The van der Waals surface area contributed by atoms with Gasteiger partial charge in [0.1, 0.15) is 5.69 Å². The third-order valence-corrected chi connectivity index (χ3v) is 8.51. The highest BCUT2D eigenvalue weighted by atomic mass is 16.5. The Labute approximate surface area is 271 Å². The van der Waals surface area contributed by atoms with E-state index in [1.54, 1.807) is 0 Å². The van der Waals surface area contributed by atoms with Gasteiger partial charge in [0, 0.05) is 34.6 Å². The molecule has 4 aromatic carbocycles. The van der Waals surface area contributed by atoms with Crippen LogP contribution in [0, 0.1) is 0 Å². The van der Waals surface area contributed by atoms with Crippen LogP contribution in [0.25, 0.3) is 22.8 Å². The minimum Gasteiger partial charge on any atom is -0.462 e. The number of hydrogen-bond donors (Lipinski definition) is 0. The van der Waals surface area contributed by atoms with Crippen LogP contribution >= 0.6 is 0 Å². The van der Waals surface area contributed by atoms with Gasteiger partial charge in [-0.05, 0) is 68.0 Å². The summed E-state index contributed by atoms with van der Waals surface area (Å²) in [6, 6.07) is 35.3. The molecule has 2 heterocycles. The molecule has 0 saturated heterocycles. The molecule has 0 bridgehead atoms. The minimum atomic E-state index is -0.307. The summed E-state index contributed by atoms with van der Waals surface area (Å²) in [7, 11) is 0. The molecule has 1 aromatic heterocycles. The van der Waals surface area contributed by atoms with Gasteiger partial charge in [0.15, 0.2) is 11.0 Å². The van der Waals surface area contributed by atoms with Gasteiger partial charge in [-0.1, -0.05) is 98.8 Å². The lowest BCUT2D eigenvalue weighted by Crippen LogP contribution is -2.35. The van der Waals surface area contributed by atoms with E-state index in [1.165, 1.54) is 16.9 Å². The smallest absolute Gasteiger partial charge is 0.338 e. The average Bonchev–Trinajstić information content (AvgIpc) is 3.52. The van der Waals surface area contributed by atoms with Crippen molar-refractivity contribution < 1.29 is 14.1 Å². The number of anilines is 2. The number of benzene rings is 4. The molecule has 6 rings (SSSR count). The molecule has 0 spiro atoms. The van der Waals surface area contributed by atoms with Crippen LogP contribution in [0.15, 0.2) is 145 Å². The van der Waals surface area contributed by atoms with Gasteiger partial charge in [-0.3, -0.25) is 0 Å². The number of nitrogens with zero attached hydrogens (tertiary/aromatic N) is 3. The largest absolute Gasteiger partial charge is 0.462 e. The lowest BCUT2D eigenvalue weighted by Gasteiger charge is -2.27. The van der Waals surface area contributed by atoms with E-state index in [1.807, 2.05) is 43.3 Å². The molecule has 0 fully saturated rings. The first-order valence-corrected chi connectivity index (χ1v) is 15.9. The van der Waals surface area contributed by atoms with E-state index in [0.29, 0.717) is 12.2 Å². The second kappa shape index (κ2) is 13.3. The molecule has 1 aliphatic heterocycles. The quantitative estimate of drug-likeness (QED) is 0.0954. The maximum atomic E-state index is 12.5. The zero-order valence-corrected chi connectivity index (χ0v) is 26.9. The molecule has 5 aromatic rings. The van der Waals surface area contributed by atoms with Crippen molar-refractivity contribution in [1.29, 1.82) is 0 Å². The zero-order valence-electron chi connectivity index (χ0n) is 26.9. The fraction of sp³-hybridized carbons (Fsp3) is 0.171. The number of ether oxygens (including phenoxy) is 1. The van der Waals surface area contributed by atoms with E-state index in [2.05, 4.69) is 144 Å². The Kier molecular flexibility index (Phi) is 8.84. The molecule has 0 unspecified atom stereocenters. The summed E-state index contributed by atoms with van der Waals surface area (Å²) >= 11 is 0. The van der Waals surface area contributed by atoms with Gasteiger partial charge >= 0.3 is 5.97 Å². The molecule has 0 radical (unpaired) electrons. The second-order valence-corrected chi connectivity index (χ2v) is 11.7. The van der Waals surface area contributed by atoms with E-state index < -0.39 is 0 Å². The minimum absolute atomic E-state index is 0.133. The van der Waals surface area contributed by atoms with E-state index in [9.17, 15) is 4.79 Å². The summed E-state index contributed by atoms with van der Waals surface area (Å²) in [6.45, 7) is 9.62. The summed E-state index contributed by atoms with van der Waals surface area (Å²) in [6.07, 6.45) is 14.7. The van der Waals surface area contributed by atoms with Gasteiger partial charge in [0.2, 0.25) is 0 Å². The molecular formula is C41H40N3O2+. The molecule has 0 amide bonds. The van der Waals surface area contributed by atoms with Crippen LogP contribution in [0.1, 0.15) is 49.4 Å². The van der Waals surface area contributed by atoms with Crippen LogP contribution in [-0.2, 0) is 16.7 Å². The van der Waals surface area contributed by atoms with Crippen molar-refractivity contribution in [1.82, 2.24) is 4.57 Å². The number of carbonyl (C=O) groups excluding carboxylic acids is 1. The van der Waals surface area contributed by atoms with Crippen LogP contribution in [0.3, 0.4) is 0 Å². The van der Waals surface area contributed by atoms with Crippen molar-refractivity contribution in [2.24, 2.45) is 0 Å². The third kappa shape index (κ3) is 5.72. The number of imidazole rings is 1. The number of carbonyl (C=O) groups is 1. The van der Waals surface area contributed by atoms with E-state index in [4.69, 9.17) is 4.74 Å². The number of aromatic nitrogens is 2. The fourth-order valence-electron chi connectivity index (χ4n) is 6.35. The van der Waals surface area contributed by atoms with Gasteiger partial charge in [-0.15, -0.1) is 0 Å². The molecular weight excluding hydrogens is 566 g/mol. The normalized spacial score (nSPS) is 15.1. The Morgan fingerprint density at radius 3 is 2.15 bits per heavy atom. The van der Waals surface area contributed by atoms with Crippen molar-refractivity contribution >= 4 is 34.5 Å². The van der Waals surface area contributed by atoms with Crippen molar-refractivity contribution in [3.63, 3.8) is 0 Å². The highest BCUT2D eigenvalue weighted by Crippen LogP contribution is 2.50. The molecule has 0 N–H and O–H groups in total. The molecule has 0 atom stereocenters. The van der Waals surface area contributed by atoms with Gasteiger partial charge in [-0.25, -0.2) is 9.36 Å². The number of aryl methyl sites for hydroxylation is 1. The molecule has 0 saturated carbocycles. The van der Waals surface area contributed by atoms with Crippen LogP contribution < -0.4 is 9.47 Å². The molecule has 1 aliphatic rings. The van der Waals surface area contributed by atoms with Gasteiger partial charge in [-0.2, -0.15) is 4.57 Å². The van der Waals surface area contributed by atoms with Crippen molar-refractivity contribution in [3.8, 4) is 5.69 Å². The van der Waals surface area contributed by atoms with Crippen LogP contribution in [0.5, 0.6) is 0 Å². The number of hydrogen-bond acceptors (Lipinski definition) is 3. The molecule has 230 valence electrons. The highest BCUT2D eigenvalue weighted by molar-refractivity contribution is 5.93. The Balaban J connectivity index is 1.31. The maximum absolute atomic E-state index is 12.5. The average molecular weight is 607 g/mol. The summed E-state index contributed by atoms with van der Waals surface area (Å²) in [5, 5.41) is 0. The van der Waals surface area contributed by atoms with Gasteiger partial charge in [0.05, 0.1) is 18.7 Å². The Bertz CT molecular complexity index is 1980. The number of esters is 1. The fourth-order valence-corrected chi connectivity index (χ4v) is 6.35. The van der Waals surface area contributed by atoms with Crippen molar-refractivity contribution in [2.45, 2.75) is 39.7 Å². The monoisotopic (exact) mass is 606 g/mol. The molecule has 0 aliphatic carbocycles. The lowest BCUT2D eigenvalue weighted by molar-refractivity contribution is -0.670. The van der Waals surface area contributed by atoms with E-state index in [0.717, 1.165) is 34.8 Å². The molecule has 46 heavy (non-hydrogen) atoms. The molecule has 5 nitrogen and oxygen atoms in total. The Hall–Kier alpha value is -5.42. The second-order valence-electron chi connectivity index (χ2n) is 11.7. The van der Waals surface area contributed by atoms with Gasteiger partial charge in [0.25, 0.3) is 5.82 Å². The first kappa shape index (κ1) is 30.6. The standard InChI is InChI=1S/C41H40N3O2/c1-5-42-37-30-31(40(45)46-6-2)28-29-36(37)44(33-22-14-11-15-23-33)39(42)27-17-9-7-8-16-26-38-41(3,4)34-24-18-19-25-35(34)43(38)32-20-12-10-13-21-32/h7-30H,5-6H2,1-4H3/q+1. The topological polar surface area (TPSA) is 38.4 Å². The maximum Gasteiger partial charge on any atom is 0.338 e. The number of allylic oxidation sites excluding steroid dienone is 7. The van der Waals surface area contributed by atoms with Crippen LogP contribution in [0.2, 0.25) is 0 Å². The summed E-state index contributed by atoms with van der Waals surface area (Å²) < 4.78 is 9.74. The SMILES string of the molecule is CCOC(=O)c1ccc2c(c1)[n+](CC)c(/C=C/C=C/C=C/C=C1/N(c3ccccc3)c3ccccc3C1(C)C)n2-c1ccccc1. The number of para-hydroxylation sites is 3. The van der Waals surface area contributed by atoms with Crippen LogP contribution in [0.4, 0.5) is 11.4 Å². The summed E-state index contributed by atoms with van der Waals surface area (Å²) in [5.74, 6) is 0.711. The number of rotatable bonds is 9. The zero-order chi connectivity index (χ0) is 32.1. The van der Waals surface area contributed by atoms with Crippen LogP contribution in [-0.4, -0.2) is 17.1 Å². The summed E-state index contributed by atoms with van der Waals surface area (Å²) in [5.41, 5.74) is 8.43. The predicted molar refractivity (Wildman–Crippen MR) is 189 cm³/mol. The van der Waals surface area contributed by atoms with E-state index in [-0.39, 0.29) is 11.4 Å². The third-order valence-electron chi connectivity index (χ3n) is 8.51. The van der Waals surface area contributed by atoms with E-state index >= 15 is 0 Å². The Morgan fingerprint density at radius 1 is 0.783 bits per heavy atom. The molecule has 5 heteroatoms. The van der Waals surface area contributed by atoms with Crippen molar-refractivity contribution in [2.75, 3.05) is 11.5 Å². The predicted octanol–water partition coefficient (Wildman–Crippen LogP) is 9.25.